The molecule has 3 aliphatic rings. The van der Waals surface area contributed by atoms with Crippen LogP contribution in [0.5, 0.6) is 0 Å². The van der Waals surface area contributed by atoms with Crippen LogP contribution in [-0.4, -0.2) is 54.7 Å². The normalized spacial score (nSPS) is 24.7. The van der Waals surface area contributed by atoms with E-state index in [9.17, 15) is 0 Å². The van der Waals surface area contributed by atoms with Crippen molar-refractivity contribution in [1.82, 2.24) is 9.91 Å². The van der Waals surface area contributed by atoms with Gasteiger partial charge in [0.15, 0.2) is 6.04 Å². The number of hydrogen-bond donors (Lipinski definition) is 0. The smallest absolute Gasteiger partial charge is 0.153 e. The molecular formula is C30H37N5. The average Bonchev–Trinajstić information content (AvgIpc) is 2.99. The molecule has 2 atom stereocenters. The molecule has 35 heavy (non-hydrogen) atoms. The van der Waals surface area contributed by atoms with Crippen molar-refractivity contribution in [2.45, 2.75) is 46.6 Å². The van der Waals surface area contributed by atoms with E-state index < -0.39 is 0 Å². The van der Waals surface area contributed by atoms with E-state index in [1.807, 2.05) is 33.3 Å². The van der Waals surface area contributed by atoms with Gasteiger partial charge in [0.25, 0.3) is 0 Å². The Bertz CT molecular complexity index is 1170. The maximum absolute atomic E-state index is 4.81. The Balaban J connectivity index is 1.89. The van der Waals surface area contributed by atoms with E-state index in [1.54, 1.807) is 11.2 Å². The Morgan fingerprint density at radius 1 is 1.29 bits per heavy atom. The summed E-state index contributed by atoms with van der Waals surface area (Å²) in [5.74, 6) is 7.05. The molecule has 0 aromatic carbocycles. The van der Waals surface area contributed by atoms with Crippen molar-refractivity contribution in [2.24, 2.45) is 21.0 Å². The topological polar surface area (TPSA) is 43.6 Å². The molecule has 0 spiro atoms. The number of nitrogens with zero attached hydrogens (tertiary/aromatic N) is 5. The van der Waals surface area contributed by atoms with Crippen LogP contribution in [0.3, 0.4) is 0 Å². The quantitative estimate of drug-likeness (QED) is 0.255. The van der Waals surface area contributed by atoms with E-state index in [-0.39, 0.29) is 6.04 Å². The minimum absolute atomic E-state index is 0.251. The van der Waals surface area contributed by atoms with E-state index in [0.29, 0.717) is 12.3 Å². The second kappa shape index (κ2) is 12.2. The molecule has 0 amide bonds. The molecule has 1 heterocycles. The lowest BCUT2D eigenvalue weighted by atomic mass is 10.1. The fourth-order valence-corrected chi connectivity index (χ4v) is 3.85. The summed E-state index contributed by atoms with van der Waals surface area (Å²) in [6.45, 7) is 13.6. The lowest BCUT2D eigenvalue weighted by Gasteiger charge is -2.29. The van der Waals surface area contributed by atoms with E-state index in [1.165, 1.54) is 11.4 Å². The molecule has 0 aromatic rings. The summed E-state index contributed by atoms with van der Waals surface area (Å²) in [6, 6.07) is -0.251. The minimum Gasteiger partial charge on any atom is -0.344 e. The molecule has 2 aliphatic carbocycles. The number of allylic oxidation sites excluding steroid dienone is 11. The summed E-state index contributed by atoms with van der Waals surface area (Å²) in [4.78, 5) is 11.9. The summed E-state index contributed by atoms with van der Waals surface area (Å²) in [7, 11) is 3.79. The van der Waals surface area contributed by atoms with E-state index in [2.05, 4.69) is 90.6 Å². The highest BCUT2D eigenvalue weighted by Gasteiger charge is 2.19. The molecule has 182 valence electrons. The van der Waals surface area contributed by atoms with Crippen LogP contribution in [0.2, 0.25) is 0 Å². The third kappa shape index (κ3) is 7.42. The Morgan fingerprint density at radius 2 is 2.09 bits per heavy atom. The number of aliphatic imine (C=N–C) groups is 2. The number of fused-ring (bicyclic) bond motifs is 1. The monoisotopic (exact) mass is 467 g/mol. The zero-order chi connectivity index (χ0) is 25.4. The van der Waals surface area contributed by atoms with Crippen LogP contribution in [0.15, 0.2) is 98.0 Å². The zero-order valence-corrected chi connectivity index (χ0v) is 21.9. The number of hydrazone groups is 1. The minimum atomic E-state index is -0.251. The summed E-state index contributed by atoms with van der Waals surface area (Å²) >= 11 is 0. The molecule has 0 fully saturated rings. The maximum Gasteiger partial charge on any atom is 0.153 e. The highest BCUT2D eigenvalue weighted by molar-refractivity contribution is 6.37. The van der Waals surface area contributed by atoms with Crippen molar-refractivity contribution < 1.29 is 0 Å². The van der Waals surface area contributed by atoms with Gasteiger partial charge in [0.1, 0.15) is 0 Å². The van der Waals surface area contributed by atoms with Gasteiger partial charge in [-0.1, -0.05) is 56.1 Å². The molecule has 0 saturated carbocycles. The third-order valence-corrected chi connectivity index (χ3v) is 5.64. The molecular weight excluding hydrogens is 430 g/mol. The van der Waals surface area contributed by atoms with Gasteiger partial charge in [-0.05, 0) is 61.6 Å². The van der Waals surface area contributed by atoms with Crippen LogP contribution in [0, 0.1) is 17.8 Å². The van der Waals surface area contributed by atoms with Crippen molar-refractivity contribution in [3.05, 3.63) is 82.9 Å². The van der Waals surface area contributed by atoms with Crippen molar-refractivity contribution in [3.8, 4) is 11.8 Å². The molecule has 5 nitrogen and oxygen atoms in total. The fourth-order valence-electron chi connectivity index (χ4n) is 3.85. The molecule has 3 rings (SSSR count). The highest BCUT2D eigenvalue weighted by Crippen LogP contribution is 2.27. The first-order valence-corrected chi connectivity index (χ1v) is 12.2. The van der Waals surface area contributed by atoms with Gasteiger partial charge < -0.3 is 9.91 Å². The van der Waals surface area contributed by atoms with Crippen LogP contribution in [0.4, 0.5) is 0 Å². The SMILES string of the molecule is C=C(C)C1=CC(N(CCC)/C2=C/C=C3/N=CC(C=C(C)/C=N\N(C)C)=NC3C#CC2)=CC(C)C=C1. The first-order valence-electron chi connectivity index (χ1n) is 12.2. The van der Waals surface area contributed by atoms with Crippen molar-refractivity contribution in [1.29, 1.82) is 0 Å². The van der Waals surface area contributed by atoms with E-state index >= 15 is 0 Å². The van der Waals surface area contributed by atoms with Gasteiger partial charge in [-0.25, -0.2) is 0 Å². The van der Waals surface area contributed by atoms with Crippen LogP contribution in [0.1, 0.15) is 40.5 Å². The van der Waals surface area contributed by atoms with Gasteiger partial charge >= 0.3 is 0 Å². The van der Waals surface area contributed by atoms with Crippen molar-refractivity contribution in [2.75, 3.05) is 20.6 Å². The Morgan fingerprint density at radius 3 is 2.80 bits per heavy atom. The predicted molar refractivity (Wildman–Crippen MR) is 150 cm³/mol. The summed E-state index contributed by atoms with van der Waals surface area (Å²) in [6.07, 6.45) is 20.5. The van der Waals surface area contributed by atoms with Gasteiger partial charge in [-0.3, -0.25) is 9.98 Å². The largest absolute Gasteiger partial charge is 0.344 e. The molecule has 0 radical (unpaired) electrons. The van der Waals surface area contributed by atoms with Gasteiger partial charge in [-0.15, -0.1) is 0 Å². The first kappa shape index (κ1) is 26.0. The fraction of sp³-hybridized carbons (Fsp3) is 0.367. The molecule has 5 heteroatoms. The van der Waals surface area contributed by atoms with Crippen molar-refractivity contribution in [3.63, 3.8) is 0 Å². The highest BCUT2D eigenvalue weighted by atomic mass is 15.4. The first-order chi connectivity index (χ1) is 16.8. The molecule has 0 N–H and O–H groups in total. The standard InChI is InChI=1S/C30H37N5/c1-8-16-35(28-18-23(4)12-13-25(19-28)22(2)3)27-10-9-11-30-29(15-14-27)31-21-26(33-30)17-24(5)20-32-34(6)7/h12-15,17-21,23,30H,2,8,10,16H2,1,3-7H3/b24-17?,27-14+,29-15+,32-20-. The maximum atomic E-state index is 4.81. The Hall–Kier alpha value is -3.65. The van der Waals surface area contributed by atoms with Gasteiger partial charge in [0.05, 0.1) is 17.6 Å². The summed E-state index contributed by atoms with van der Waals surface area (Å²) in [5, 5.41) is 6.04. The predicted octanol–water partition coefficient (Wildman–Crippen LogP) is 5.85. The summed E-state index contributed by atoms with van der Waals surface area (Å²) < 4.78 is 0. The number of rotatable bonds is 8. The average molecular weight is 468 g/mol. The van der Waals surface area contributed by atoms with E-state index in [0.717, 1.165) is 41.1 Å². The lowest BCUT2D eigenvalue weighted by molar-refractivity contribution is 0.427. The Labute approximate surface area is 211 Å². The van der Waals surface area contributed by atoms with Crippen LogP contribution < -0.4 is 0 Å². The lowest BCUT2D eigenvalue weighted by Crippen LogP contribution is -2.24. The second-order valence-electron chi connectivity index (χ2n) is 9.28. The van der Waals surface area contributed by atoms with Crippen LogP contribution in [-0.2, 0) is 0 Å². The van der Waals surface area contributed by atoms with Gasteiger partial charge in [0, 0.05) is 44.7 Å². The van der Waals surface area contributed by atoms with E-state index in [4.69, 9.17) is 4.99 Å². The van der Waals surface area contributed by atoms with Gasteiger partial charge in [-0.2, -0.15) is 5.10 Å². The van der Waals surface area contributed by atoms with Crippen molar-refractivity contribution >= 4 is 18.1 Å². The summed E-state index contributed by atoms with van der Waals surface area (Å²) in [5.41, 5.74) is 7.28. The van der Waals surface area contributed by atoms with Crippen LogP contribution in [0.25, 0.3) is 0 Å². The number of hydrogen-bond acceptors (Lipinski definition) is 5. The van der Waals surface area contributed by atoms with Crippen LogP contribution >= 0.6 is 0 Å². The molecule has 2 unspecified atom stereocenters. The third-order valence-electron chi connectivity index (χ3n) is 5.64. The Kier molecular flexibility index (Phi) is 9.03. The zero-order valence-electron chi connectivity index (χ0n) is 21.9. The molecule has 0 bridgehead atoms. The molecule has 0 aromatic heterocycles. The molecule has 0 saturated heterocycles. The van der Waals surface area contributed by atoms with Gasteiger partial charge in [0.2, 0.25) is 0 Å². The second-order valence-corrected chi connectivity index (χ2v) is 9.28. The molecule has 1 aliphatic heterocycles.